The molecule has 10 heteroatoms. The van der Waals surface area contributed by atoms with Crippen molar-refractivity contribution in [2.45, 2.75) is 24.1 Å². The number of sulfonamides is 1. The lowest BCUT2D eigenvalue weighted by Gasteiger charge is -2.02. The lowest BCUT2D eigenvalue weighted by atomic mass is 10.1. The smallest absolute Gasteiger partial charge is 0.285 e. The van der Waals surface area contributed by atoms with Crippen molar-refractivity contribution in [1.82, 2.24) is 20.2 Å². The number of rotatable bonds is 7. The van der Waals surface area contributed by atoms with Crippen LogP contribution in [0.4, 0.5) is 0 Å². The summed E-state index contributed by atoms with van der Waals surface area (Å²) in [6, 6.07) is 14.1. The van der Waals surface area contributed by atoms with Gasteiger partial charge in [-0.25, -0.2) is 13.1 Å². The zero-order chi connectivity index (χ0) is 20.1. The second-order valence-corrected chi connectivity index (χ2v) is 9.08. The standard InChI is InChI=1S/C18H18N4O4S2/c1-12(23)19-11-15-7-8-17(27-15)28(25,26)22-18(24)16-10-14(20-21-16)9-13-5-3-2-4-6-13/h2-8,10H,9,11H2,1H3,(H,19,23)(H,20,21)(H,22,24). The summed E-state index contributed by atoms with van der Waals surface area (Å²) in [7, 11) is -4.02. The normalized spacial score (nSPS) is 11.2. The van der Waals surface area contributed by atoms with Gasteiger partial charge in [0, 0.05) is 23.9 Å². The molecular weight excluding hydrogens is 400 g/mol. The van der Waals surface area contributed by atoms with Crippen molar-refractivity contribution in [3.63, 3.8) is 0 Å². The highest BCUT2D eigenvalue weighted by atomic mass is 32.2. The molecule has 1 aromatic carbocycles. The molecule has 0 radical (unpaired) electrons. The molecule has 0 saturated heterocycles. The molecular formula is C18H18N4O4S2. The van der Waals surface area contributed by atoms with Gasteiger partial charge in [0.2, 0.25) is 5.91 Å². The maximum absolute atomic E-state index is 12.4. The molecule has 0 aliphatic rings. The van der Waals surface area contributed by atoms with Crippen molar-refractivity contribution in [2.75, 3.05) is 0 Å². The van der Waals surface area contributed by atoms with Crippen LogP contribution in [0.2, 0.25) is 0 Å². The molecule has 0 saturated carbocycles. The minimum atomic E-state index is -4.02. The number of hydrogen-bond donors (Lipinski definition) is 3. The van der Waals surface area contributed by atoms with E-state index in [-0.39, 0.29) is 22.4 Å². The Hall–Kier alpha value is -2.98. The summed E-state index contributed by atoms with van der Waals surface area (Å²) in [6.07, 6.45) is 0.547. The first-order valence-electron chi connectivity index (χ1n) is 8.32. The number of aromatic nitrogens is 2. The van der Waals surface area contributed by atoms with Gasteiger partial charge in [-0.15, -0.1) is 11.3 Å². The number of nitrogens with zero attached hydrogens (tertiary/aromatic N) is 1. The highest BCUT2D eigenvalue weighted by Crippen LogP contribution is 2.21. The summed E-state index contributed by atoms with van der Waals surface area (Å²) in [6.45, 7) is 1.60. The molecule has 0 unspecified atom stereocenters. The number of thiophene rings is 1. The molecule has 3 rings (SSSR count). The molecule has 2 aromatic heterocycles. The topological polar surface area (TPSA) is 121 Å². The van der Waals surface area contributed by atoms with Gasteiger partial charge in [0.1, 0.15) is 4.21 Å². The van der Waals surface area contributed by atoms with Crippen molar-refractivity contribution < 1.29 is 18.0 Å². The third kappa shape index (κ3) is 5.05. The first-order chi connectivity index (χ1) is 13.3. The van der Waals surface area contributed by atoms with Crippen molar-refractivity contribution in [2.24, 2.45) is 0 Å². The van der Waals surface area contributed by atoms with E-state index in [1.54, 1.807) is 6.07 Å². The van der Waals surface area contributed by atoms with E-state index in [0.717, 1.165) is 16.9 Å². The largest absolute Gasteiger partial charge is 0.351 e. The molecule has 0 aliphatic carbocycles. The number of benzene rings is 1. The molecule has 8 nitrogen and oxygen atoms in total. The summed E-state index contributed by atoms with van der Waals surface area (Å²) < 4.78 is 26.8. The summed E-state index contributed by atoms with van der Waals surface area (Å²) in [5, 5.41) is 9.24. The number of aromatic amines is 1. The van der Waals surface area contributed by atoms with E-state index in [9.17, 15) is 18.0 Å². The monoisotopic (exact) mass is 418 g/mol. The van der Waals surface area contributed by atoms with Crippen molar-refractivity contribution in [3.05, 3.63) is 70.4 Å². The van der Waals surface area contributed by atoms with E-state index >= 15 is 0 Å². The van der Waals surface area contributed by atoms with Gasteiger partial charge in [-0.2, -0.15) is 5.10 Å². The van der Waals surface area contributed by atoms with Gasteiger partial charge in [-0.3, -0.25) is 14.7 Å². The predicted molar refractivity (Wildman–Crippen MR) is 104 cm³/mol. The van der Waals surface area contributed by atoms with E-state index in [1.807, 2.05) is 35.1 Å². The highest BCUT2D eigenvalue weighted by molar-refractivity contribution is 7.92. The summed E-state index contributed by atoms with van der Waals surface area (Å²) in [5.41, 5.74) is 1.73. The van der Waals surface area contributed by atoms with Gasteiger partial charge in [-0.1, -0.05) is 30.3 Å². The van der Waals surface area contributed by atoms with Gasteiger partial charge in [0.15, 0.2) is 5.69 Å². The lowest BCUT2D eigenvalue weighted by molar-refractivity contribution is -0.119. The summed E-state index contributed by atoms with van der Waals surface area (Å²) >= 11 is 0.980. The first kappa shape index (κ1) is 19.8. The van der Waals surface area contributed by atoms with Gasteiger partial charge in [0.25, 0.3) is 15.9 Å². The SMILES string of the molecule is CC(=O)NCc1ccc(S(=O)(=O)NC(=O)c2cc(Cc3ccccc3)[nH]n2)s1. The van der Waals surface area contributed by atoms with Crippen LogP contribution >= 0.6 is 11.3 Å². The van der Waals surface area contributed by atoms with Crippen LogP contribution in [0.25, 0.3) is 0 Å². The Balaban J connectivity index is 1.66. The molecule has 2 heterocycles. The highest BCUT2D eigenvalue weighted by Gasteiger charge is 2.22. The fourth-order valence-electron chi connectivity index (χ4n) is 2.42. The van der Waals surface area contributed by atoms with Gasteiger partial charge < -0.3 is 5.32 Å². The average molecular weight is 419 g/mol. The number of carbonyl (C=O) groups is 2. The van der Waals surface area contributed by atoms with Crippen LogP contribution in [0.5, 0.6) is 0 Å². The summed E-state index contributed by atoms with van der Waals surface area (Å²) in [4.78, 5) is 23.9. The van der Waals surface area contributed by atoms with Crippen LogP contribution < -0.4 is 10.0 Å². The van der Waals surface area contributed by atoms with Crippen LogP contribution in [-0.2, 0) is 27.8 Å². The van der Waals surface area contributed by atoms with Crippen LogP contribution in [0.1, 0.15) is 33.5 Å². The maximum Gasteiger partial charge on any atom is 0.285 e. The second kappa shape index (κ2) is 8.36. The minimum absolute atomic E-state index is 0.00969. The van der Waals surface area contributed by atoms with Crippen LogP contribution in [0, 0.1) is 0 Å². The average Bonchev–Trinajstić information content (AvgIpc) is 3.30. The molecule has 0 fully saturated rings. The molecule has 0 aliphatic heterocycles. The molecule has 0 atom stereocenters. The summed E-state index contributed by atoms with van der Waals surface area (Å²) in [5.74, 6) is -1.02. The third-order valence-electron chi connectivity index (χ3n) is 3.74. The molecule has 146 valence electrons. The van der Waals surface area contributed by atoms with E-state index in [1.165, 1.54) is 19.1 Å². The van der Waals surface area contributed by atoms with E-state index in [4.69, 9.17) is 0 Å². The molecule has 28 heavy (non-hydrogen) atoms. The van der Waals surface area contributed by atoms with Gasteiger partial charge in [0.05, 0.1) is 6.54 Å². The van der Waals surface area contributed by atoms with E-state index < -0.39 is 15.9 Å². The zero-order valence-electron chi connectivity index (χ0n) is 14.9. The molecule has 3 aromatic rings. The predicted octanol–water partition coefficient (Wildman–Crippen LogP) is 1.82. The number of amides is 2. The lowest BCUT2D eigenvalue weighted by Crippen LogP contribution is -2.30. The van der Waals surface area contributed by atoms with Crippen LogP contribution in [0.15, 0.2) is 52.7 Å². The minimum Gasteiger partial charge on any atom is -0.351 e. The van der Waals surface area contributed by atoms with Gasteiger partial charge in [-0.05, 0) is 23.8 Å². The molecule has 0 spiro atoms. The van der Waals surface area contributed by atoms with Crippen molar-refractivity contribution in [3.8, 4) is 0 Å². The number of H-pyrrole nitrogens is 1. The fourth-order valence-corrected chi connectivity index (χ4v) is 4.67. The maximum atomic E-state index is 12.4. The van der Waals surface area contributed by atoms with Crippen molar-refractivity contribution >= 4 is 33.2 Å². The Morgan fingerprint density at radius 3 is 2.61 bits per heavy atom. The molecule has 0 bridgehead atoms. The molecule has 2 amide bonds. The number of hydrogen-bond acceptors (Lipinski definition) is 6. The Morgan fingerprint density at radius 2 is 1.89 bits per heavy atom. The number of nitrogens with one attached hydrogen (secondary N) is 3. The van der Waals surface area contributed by atoms with Crippen molar-refractivity contribution in [1.29, 1.82) is 0 Å². The quantitative estimate of drug-likeness (QED) is 0.540. The fraction of sp³-hybridized carbons (Fsp3) is 0.167. The Bertz CT molecular complexity index is 1090. The van der Waals surface area contributed by atoms with Gasteiger partial charge >= 0.3 is 0 Å². The Labute approximate surface area is 166 Å². The van der Waals surface area contributed by atoms with E-state index in [0.29, 0.717) is 17.0 Å². The number of carbonyl (C=O) groups excluding carboxylic acids is 2. The van der Waals surface area contributed by atoms with Crippen LogP contribution in [0.3, 0.4) is 0 Å². The van der Waals surface area contributed by atoms with Crippen LogP contribution in [-0.4, -0.2) is 30.4 Å². The third-order valence-corrected chi connectivity index (χ3v) is 6.65. The first-order valence-corrected chi connectivity index (χ1v) is 10.6. The van der Waals surface area contributed by atoms with E-state index in [2.05, 4.69) is 15.5 Å². The molecule has 3 N–H and O–H groups in total. The zero-order valence-corrected chi connectivity index (χ0v) is 16.6. The Morgan fingerprint density at radius 1 is 1.14 bits per heavy atom. The second-order valence-electron chi connectivity index (χ2n) is 6.01. The Kier molecular flexibility index (Phi) is 5.90.